The van der Waals surface area contributed by atoms with Gasteiger partial charge in [0.15, 0.2) is 0 Å². The van der Waals surface area contributed by atoms with Crippen molar-refractivity contribution in [1.82, 2.24) is 20.1 Å². The summed E-state index contributed by atoms with van der Waals surface area (Å²) in [6, 6.07) is 1.69. The van der Waals surface area contributed by atoms with Crippen LogP contribution in [0.15, 0.2) is 18.5 Å². The average Bonchev–Trinajstić information content (AvgIpc) is 3.24. The van der Waals surface area contributed by atoms with Crippen LogP contribution in [-0.2, 0) is 22.6 Å². The molecule has 3 N–H and O–H groups in total. The van der Waals surface area contributed by atoms with E-state index in [1.54, 1.807) is 12.3 Å². The van der Waals surface area contributed by atoms with Gasteiger partial charge in [-0.15, -0.1) is 0 Å². The lowest BCUT2D eigenvalue weighted by molar-refractivity contribution is -0.130. The van der Waals surface area contributed by atoms with Gasteiger partial charge in [-0.05, 0) is 44.1 Å². The average molecular weight is 460 g/mol. The maximum Gasteiger partial charge on any atom is 0.248 e. The van der Waals surface area contributed by atoms with E-state index in [-0.39, 0.29) is 23.3 Å². The SMILES string of the molecule is C[C@H](O)C(=O)N[C@@H]1CCC[C@@H](C(=O)Nc2cc(-c3cnn4c3CC(C)(C)C4)c(Cl)cn2)C1. The molecule has 172 valence electrons. The highest BCUT2D eigenvalue weighted by molar-refractivity contribution is 6.33. The van der Waals surface area contributed by atoms with Crippen LogP contribution in [0, 0.1) is 11.3 Å². The molecule has 0 saturated heterocycles. The maximum absolute atomic E-state index is 12.9. The van der Waals surface area contributed by atoms with E-state index in [0.29, 0.717) is 17.3 Å². The maximum atomic E-state index is 12.9. The zero-order valence-corrected chi connectivity index (χ0v) is 19.4. The molecule has 32 heavy (non-hydrogen) atoms. The number of aromatic nitrogens is 3. The van der Waals surface area contributed by atoms with E-state index in [9.17, 15) is 14.7 Å². The fourth-order valence-corrected chi connectivity index (χ4v) is 4.90. The summed E-state index contributed by atoms with van der Waals surface area (Å²) in [6.07, 6.45) is 6.16. The van der Waals surface area contributed by atoms with Crippen LogP contribution in [0.25, 0.3) is 11.1 Å². The number of aliphatic hydroxyl groups excluding tert-OH is 1. The Morgan fingerprint density at radius 1 is 1.28 bits per heavy atom. The fourth-order valence-electron chi connectivity index (χ4n) is 4.70. The molecular formula is C23H30ClN5O3. The molecule has 3 heterocycles. The predicted octanol–water partition coefficient (Wildman–Crippen LogP) is 3.18. The Morgan fingerprint density at radius 2 is 2.06 bits per heavy atom. The van der Waals surface area contributed by atoms with Crippen LogP contribution in [0.2, 0.25) is 5.02 Å². The van der Waals surface area contributed by atoms with E-state index in [4.69, 9.17) is 11.6 Å². The largest absolute Gasteiger partial charge is 0.384 e. The van der Waals surface area contributed by atoms with Crippen LogP contribution < -0.4 is 10.6 Å². The van der Waals surface area contributed by atoms with Gasteiger partial charge in [-0.1, -0.05) is 31.9 Å². The number of carbonyl (C=O) groups is 2. The third-order valence-electron chi connectivity index (χ3n) is 6.34. The van der Waals surface area contributed by atoms with Gasteiger partial charge >= 0.3 is 0 Å². The summed E-state index contributed by atoms with van der Waals surface area (Å²) in [5.41, 5.74) is 3.07. The number of rotatable bonds is 5. The number of anilines is 1. The van der Waals surface area contributed by atoms with Gasteiger partial charge in [0.1, 0.15) is 11.9 Å². The molecule has 0 bridgehead atoms. The van der Waals surface area contributed by atoms with Gasteiger partial charge in [0.2, 0.25) is 11.8 Å². The summed E-state index contributed by atoms with van der Waals surface area (Å²) in [7, 11) is 0. The Balaban J connectivity index is 1.47. The highest BCUT2D eigenvalue weighted by Crippen LogP contribution is 2.39. The van der Waals surface area contributed by atoms with E-state index in [1.165, 1.54) is 6.92 Å². The Bertz CT molecular complexity index is 1030. The molecule has 0 spiro atoms. The molecule has 0 unspecified atom stereocenters. The van der Waals surface area contributed by atoms with Crippen molar-refractivity contribution in [3.8, 4) is 11.1 Å². The third kappa shape index (κ3) is 4.81. The summed E-state index contributed by atoms with van der Waals surface area (Å²) < 4.78 is 2.02. The summed E-state index contributed by atoms with van der Waals surface area (Å²) in [4.78, 5) is 29.0. The lowest BCUT2D eigenvalue weighted by Crippen LogP contribution is -2.44. The molecule has 8 nitrogen and oxygen atoms in total. The number of halogens is 1. The summed E-state index contributed by atoms with van der Waals surface area (Å²) in [5.74, 6) is -0.313. The van der Waals surface area contributed by atoms with Crippen LogP contribution in [0.5, 0.6) is 0 Å². The number of pyridine rings is 1. The minimum Gasteiger partial charge on any atom is -0.384 e. The van der Waals surface area contributed by atoms with Crippen LogP contribution >= 0.6 is 11.6 Å². The molecular weight excluding hydrogens is 430 g/mol. The third-order valence-corrected chi connectivity index (χ3v) is 6.64. The monoisotopic (exact) mass is 459 g/mol. The van der Waals surface area contributed by atoms with Crippen LogP contribution in [0.3, 0.4) is 0 Å². The first-order valence-corrected chi connectivity index (χ1v) is 11.5. The fraction of sp³-hybridized carbons (Fsp3) is 0.565. The van der Waals surface area contributed by atoms with Crippen molar-refractivity contribution in [3.63, 3.8) is 0 Å². The first kappa shape index (κ1) is 22.7. The Kier molecular flexibility index (Phi) is 6.27. The number of nitrogens with zero attached hydrogens (tertiary/aromatic N) is 3. The van der Waals surface area contributed by atoms with E-state index in [0.717, 1.165) is 49.0 Å². The number of hydrogen-bond acceptors (Lipinski definition) is 5. The predicted molar refractivity (Wildman–Crippen MR) is 122 cm³/mol. The molecule has 1 fully saturated rings. The topological polar surface area (TPSA) is 109 Å². The molecule has 0 aromatic carbocycles. The standard InChI is InChI=1S/C23H30ClN5O3/c1-13(30)21(31)27-15-6-4-5-14(7-15)22(32)28-20-8-16(18(24)11-25-20)17-10-26-29-12-23(2,3)9-19(17)29/h8,10-11,13-15,30H,4-7,9,12H2,1-3H3,(H,27,31)(H,25,28,32)/t13-,14+,15+/m0/s1. The van der Waals surface area contributed by atoms with Gasteiger partial charge in [-0.3, -0.25) is 14.3 Å². The van der Waals surface area contributed by atoms with Crippen molar-refractivity contribution in [2.45, 2.75) is 71.6 Å². The van der Waals surface area contributed by atoms with Crippen molar-refractivity contribution in [2.75, 3.05) is 5.32 Å². The van der Waals surface area contributed by atoms with Crippen molar-refractivity contribution in [2.24, 2.45) is 11.3 Å². The number of fused-ring (bicyclic) bond motifs is 1. The molecule has 1 aliphatic carbocycles. The molecule has 0 radical (unpaired) electrons. The van der Waals surface area contributed by atoms with E-state index < -0.39 is 12.0 Å². The molecule has 9 heteroatoms. The molecule has 1 aliphatic heterocycles. The second kappa shape index (κ2) is 8.83. The second-order valence-electron chi connectivity index (χ2n) is 9.79. The highest BCUT2D eigenvalue weighted by atomic mass is 35.5. The van der Waals surface area contributed by atoms with Gasteiger partial charge < -0.3 is 15.7 Å². The van der Waals surface area contributed by atoms with Crippen molar-refractivity contribution < 1.29 is 14.7 Å². The molecule has 2 aromatic rings. The normalized spacial score (nSPS) is 22.8. The first-order valence-electron chi connectivity index (χ1n) is 11.1. The van der Waals surface area contributed by atoms with Gasteiger partial charge in [0, 0.05) is 41.5 Å². The Labute approximate surface area is 192 Å². The summed E-state index contributed by atoms with van der Waals surface area (Å²) in [5, 5.41) is 20.2. The van der Waals surface area contributed by atoms with E-state index in [1.807, 2.05) is 10.9 Å². The smallest absolute Gasteiger partial charge is 0.248 e. The number of nitrogens with one attached hydrogen (secondary N) is 2. The molecule has 3 atom stereocenters. The molecule has 1 saturated carbocycles. The summed E-state index contributed by atoms with van der Waals surface area (Å²) >= 11 is 6.47. The van der Waals surface area contributed by atoms with Gasteiger partial charge in [0.05, 0.1) is 11.2 Å². The quantitative estimate of drug-likeness (QED) is 0.636. The minimum absolute atomic E-state index is 0.117. The number of aliphatic hydroxyl groups is 1. The minimum atomic E-state index is -1.06. The van der Waals surface area contributed by atoms with Gasteiger partial charge in [-0.25, -0.2) is 4.98 Å². The van der Waals surface area contributed by atoms with Crippen LogP contribution in [0.1, 0.15) is 52.1 Å². The van der Waals surface area contributed by atoms with Crippen LogP contribution in [0.4, 0.5) is 5.82 Å². The second-order valence-corrected chi connectivity index (χ2v) is 10.2. The Hall–Kier alpha value is -2.45. The lowest BCUT2D eigenvalue weighted by Gasteiger charge is -2.29. The zero-order chi connectivity index (χ0) is 23.0. The highest BCUT2D eigenvalue weighted by Gasteiger charge is 2.32. The van der Waals surface area contributed by atoms with Crippen molar-refractivity contribution in [1.29, 1.82) is 0 Å². The molecule has 2 amide bonds. The van der Waals surface area contributed by atoms with E-state index in [2.05, 4.69) is 34.6 Å². The zero-order valence-electron chi connectivity index (χ0n) is 18.7. The number of carbonyl (C=O) groups excluding carboxylic acids is 2. The first-order chi connectivity index (χ1) is 15.1. The van der Waals surface area contributed by atoms with Crippen LogP contribution in [-0.4, -0.2) is 43.8 Å². The van der Waals surface area contributed by atoms with Crippen molar-refractivity contribution >= 4 is 29.2 Å². The van der Waals surface area contributed by atoms with E-state index >= 15 is 0 Å². The lowest BCUT2D eigenvalue weighted by atomic mass is 9.85. The molecule has 4 rings (SSSR count). The Morgan fingerprint density at radius 3 is 2.81 bits per heavy atom. The molecule has 2 aromatic heterocycles. The van der Waals surface area contributed by atoms with Gasteiger partial charge in [0.25, 0.3) is 0 Å². The van der Waals surface area contributed by atoms with Crippen molar-refractivity contribution in [3.05, 3.63) is 29.2 Å². The summed E-state index contributed by atoms with van der Waals surface area (Å²) in [6.45, 7) is 6.73. The molecule has 2 aliphatic rings. The number of amides is 2. The number of hydrogen-bond donors (Lipinski definition) is 3. The van der Waals surface area contributed by atoms with Gasteiger partial charge in [-0.2, -0.15) is 5.10 Å².